The van der Waals surface area contributed by atoms with E-state index in [1.807, 2.05) is 12.1 Å². The van der Waals surface area contributed by atoms with Crippen LogP contribution in [0.5, 0.6) is 0 Å². The number of nitrogens with zero attached hydrogens (tertiary/aromatic N) is 1. The fraction of sp³-hybridized carbons (Fsp3) is 0.400. The number of hydrogen-bond donors (Lipinski definition) is 1. The highest BCUT2D eigenvalue weighted by Crippen LogP contribution is 2.33. The molecule has 1 aliphatic rings. The molecule has 0 fully saturated rings. The van der Waals surface area contributed by atoms with E-state index in [1.54, 1.807) is 38.1 Å². The molecule has 2 amide bonds. The number of aliphatic hydroxyl groups excluding tert-OH is 1. The second-order valence-corrected chi connectivity index (χ2v) is 7.36. The molecule has 0 aliphatic carbocycles. The lowest BCUT2D eigenvalue weighted by atomic mass is 9.90. The molecular formula is C20H25NO3. The van der Waals surface area contributed by atoms with Crippen LogP contribution in [0.1, 0.15) is 55.3 Å². The smallest absolute Gasteiger partial charge is 0.261 e. The zero-order valence-electron chi connectivity index (χ0n) is 15.0. The van der Waals surface area contributed by atoms with Gasteiger partial charge >= 0.3 is 0 Å². The van der Waals surface area contributed by atoms with Crippen LogP contribution < -0.4 is 0 Å². The number of imide groups is 1. The minimum absolute atomic E-state index is 0.275. The molecule has 0 spiro atoms. The largest absolute Gasteiger partial charge is 0.394 e. The third-order valence-electron chi connectivity index (χ3n) is 3.76. The molecule has 128 valence electrons. The summed E-state index contributed by atoms with van der Waals surface area (Å²) in [6, 6.07) is 10.8. The summed E-state index contributed by atoms with van der Waals surface area (Å²) in [6.45, 7) is 9.58. The second-order valence-electron chi connectivity index (χ2n) is 7.36. The quantitative estimate of drug-likeness (QED) is 0.852. The van der Waals surface area contributed by atoms with Crippen molar-refractivity contribution in [2.75, 3.05) is 6.61 Å². The molecule has 24 heavy (non-hydrogen) atoms. The van der Waals surface area contributed by atoms with E-state index < -0.39 is 5.54 Å². The fourth-order valence-corrected chi connectivity index (χ4v) is 2.65. The van der Waals surface area contributed by atoms with Crippen LogP contribution in [-0.2, 0) is 0 Å². The highest BCUT2D eigenvalue weighted by molar-refractivity contribution is 6.25. The Morgan fingerprint density at radius 2 is 1.38 bits per heavy atom. The Hall–Kier alpha value is -2.20. The van der Waals surface area contributed by atoms with Gasteiger partial charge in [0.05, 0.1) is 12.1 Å². The van der Waals surface area contributed by atoms with Crippen LogP contribution in [0.4, 0.5) is 0 Å². The van der Waals surface area contributed by atoms with Gasteiger partial charge < -0.3 is 5.11 Å². The highest BCUT2D eigenvalue weighted by atomic mass is 16.3. The Morgan fingerprint density at radius 1 is 0.958 bits per heavy atom. The van der Waals surface area contributed by atoms with Crippen LogP contribution in [0.15, 0.2) is 36.4 Å². The molecule has 1 heterocycles. The molecule has 2 aromatic carbocycles. The van der Waals surface area contributed by atoms with E-state index in [1.165, 1.54) is 0 Å². The first-order valence-electron chi connectivity index (χ1n) is 8.22. The number of aliphatic hydroxyl groups is 1. The summed E-state index contributed by atoms with van der Waals surface area (Å²) in [6.07, 6.45) is 0. The topological polar surface area (TPSA) is 57.6 Å². The van der Waals surface area contributed by atoms with E-state index in [-0.39, 0.29) is 18.4 Å². The van der Waals surface area contributed by atoms with Gasteiger partial charge in [-0.15, -0.1) is 0 Å². The highest BCUT2D eigenvalue weighted by Gasteiger charge is 2.41. The first kappa shape index (κ1) is 18.1. The van der Waals surface area contributed by atoms with Gasteiger partial charge in [0.2, 0.25) is 0 Å². The number of rotatable bonds is 2. The molecule has 0 atom stereocenters. The molecule has 0 saturated heterocycles. The lowest BCUT2D eigenvalue weighted by molar-refractivity contribution is 0.0308. The van der Waals surface area contributed by atoms with Gasteiger partial charge in [0, 0.05) is 16.5 Å². The molecule has 1 N–H and O–H groups in total. The Labute approximate surface area is 143 Å². The van der Waals surface area contributed by atoms with Crippen molar-refractivity contribution in [2.45, 2.75) is 40.2 Å². The summed E-state index contributed by atoms with van der Waals surface area (Å²) in [5.74, 6) is 0.136. The third kappa shape index (κ3) is 3.20. The predicted molar refractivity (Wildman–Crippen MR) is 96.1 cm³/mol. The third-order valence-corrected chi connectivity index (χ3v) is 3.76. The standard InChI is InChI=1S/C16H15NO3.C4H10/c1-16(2,9-18)17-14(19)11-7-3-5-10-6-4-8-12(13(10)11)15(17)20;1-4(2)3/h3-8,18H,9H2,1-2H3;4H,1-3H3. The van der Waals surface area contributed by atoms with Gasteiger partial charge in [0.15, 0.2) is 0 Å². The average molecular weight is 327 g/mol. The molecule has 4 nitrogen and oxygen atoms in total. The summed E-state index contributed by atoms with van der Waals surface area (Å²) in [4.78, 5) is 26.4. The molecule has 0 bridgehead atoms. The summed E-state index contributed by atoms with van der Waals surface area (Å²) >= 11 is 0. The fourth-order valence-electron chi connectivity index (χ4n) is 2.65. The van der Waals surface area contributed by atoms with Crippen LogP contribution in [0.2, 0.25) is 0 Å². The zero-order chi connectivity index (χ0) is 18.1. The maximum absolute atomic E-state index is 12.6. The van der Waals surface area contributed by atoms with E-state index in [4.69, 9.17) is 0 Å². The molecule has 2 aromatic rings. The van der Waals surface area contributed by atoms with Crippen molar-refractivity contribution >= 4 is 22.6 Å². The van der Waals surface area contributed by atoms with E-state index in [0.29, 0.717) is 16.5 Å². The number of hydrogen-bond acceptors (Lipinski definition) is 3. The molecule has 0 aromatic heterocycles. The average Bonchev–Trinajstić information content (AvgIpc) is 2.52. The lowest BCUT2D eigenvalue weighted by Gasteiger charge is -2.38. The van der Waals surface area contributed by atoms with Crippen LogP contribution in [0.3, 0.4) is 0 Å². The molecule has 0 saturated carbocycles. The molecular weight excluding hydrogens is 302 g/mol. The van der Waals surface area contributed by atoms with Crippen molar-refractivity contribution in [2.24, 2.45) is 5.92 Å². The van der Waals surface area contributed by atoms with Gasteiger partial charge in [-0.05, 0) is 37.3 Å². The number of carbonyl (C=O) groups is 2. The Morgan fingerprint density at radius 3 is 1.75 bits per heavy atom. The van der Waals surface area contributed by atoms with E-state index in [9.17, 15) is 14.7 Å². The Kier molecular flexibility index (Phi) is 5.09. The Balaban J connectivity index is 0.000000471. The summed E-state index contributed by atoms with van der Waals surface area (Å²) in [5.41, 5.74) is 0.0996. The molecule has 0 radical (unpaired) electrons. The van der Waals surface area contributed by atoms with E-state index in [0.717, 1.165) is 16.2 Å². The maximum Gasteiger partial charge on any atom is 0.261 e. The molecule has 4 heteroatoms. The molecule has 3 rings (SSSR count). The maximum atomic E-state index is 12.6. The van der Waals surface area contributed by atoms with Crippen LogP contribution in [0, 0.1) is 5.92 Å². The van der Waals surface area contributed by atoms with Gasteiger partial charge in [0.25, 0.3) is 11.8 Å². The zero-order valence-corrected chi connectivity index (χ0v) is 15.0. The minimum Gasteiger partial charge on any atom is -0.394 e. The van der Waals surface area contributed by atoms with E-state index >= 15 is 0 Å². The van der Waals surface area contributed by atoms with Crippen molar-refractivity contribution in [1.82, 2.24) is 4.90 Å². The van der Waals surface area contributed by atoms with Crippen molar-refractivity contribution < 1.29 is 14.7 Å². The van der Waals surface area contributed by atoms with Gasteiger partial charge in [-0.1, -0.05) is 45.0 Å². The van der Waals surface area contributed by atoms with Crippen LogP contribution in [-0.4, -0.2) is 34.0 Å². The summed E-state index contributed by atoms with van der Waals surface area (Å²) < 4.78 is 0. The van der Waals surface area contributed by atoms with Gasteiger partial charge in [-0.25, -0.2) is 0 Å². The van der Waals surface area contributed by atoms with Gasteiger partial charge in [-0.3, -0.25) is 14.5 Å². The normalized spacial score (nSPS) is 14.0. The number of amides is 2. The summed E-state index contributed by atoms with van der Waals surface area (Å²) in [7, 11) is 0. The Bertz CT molecular complexity index is 724. The number of carbonyl (C=O) groups excluding carboxylic acids is 2. The van der Waals surface area contributed by atoms with Crippen molar-refractivity contribution in [3.8, 4) is 0 Å². The number of benzene rings is 2. The SMILES string of the molecule is CC(C)(CO)N1C(=O)c2cccc3cccc(c23)C1=O.CC(C)C. The van der Waals surface area contributed by atoms with Gasteiger partial charge in [-0.2, -0.15) is 0 Å². The van der Waals surface area contributed by atoms with Crippen molar-refractivity contribution in [3.05, 3.63) is 47.5 Å². The second kappa shape index (κ2) is 6.73. The van der Waals surface area contributed by atoms with E-state index in [2.05, 4.69) is 20.8 Å². The van der Waals surface area contributed by atoms with Crippen molar-refractivity contribution in [1.29, 1.82) is 0 Å². The molecule has 1 aliphatic heterocycles. The van der Waals surface area contributed by atoms with Crippen LogP contribution >= 0.6 is 0 Å². The van der Waals surface area contributed by atoms with Crippen LogP contribution in [0.25, 0.3) is 10.8 Å². The first-order valence-corrected chi connectivity index (χ1v) is 8.22. The van der Waals surface area contributed by atoms with Crippen molar-refractivity contribution in [3.63, 3.8) is 0 Å². The lowest BCUT2D eigenvalue weighted by Crippen LogP contribution is -2.54. The molecule has 0 unspecified atom stereocenters. The minimum atomic E-state index is -0.927. The monoisotopic (exact) mass is 327 g/mol. The summed E-state index contributed by atoms with van der Waals surface area (Å²) in [5, 5.41) is 11.1. The first-order chi connectivity index (χ1) is 11.2. The van der Waals surface area contributed by atoms with Gasteiger partial charge in [0.1, 0.15) is 0 Å². The predicted octanol–water partition coefficient (Wildman–Crippen LogP) is 3.87.